The molecule has 0 unspecified atom stereocenters. The van der Waals surface area contributed by atoms with Crippen LogP contribution in [-0.4, -0.2) is 48.5 Å². The number of halogens is 2. The van der Waals surface area contributed by atoms with Gasteiger partial charge in [0.1, 0.15) is 11.4 Å². The summed E-state index contributed by atoms with van der Waals surface area (Å²) in [5, 5.41) is 3.41. The SMILES string of the molecule is O=C(NCc1cccc2[nH]cnc12)c1c2n(c(=O)n1-c1ccc(OC3CC3)cc1)CCN(C(=O)c1ccc(Br)c(Cl)c1)C2. The number of imidazole rings is 2. The molecule has 0 saturated heterocycles. The molecule has 0 bridgehead atoms. The molecule has 1 saturated carbocycles. The smallest absolute Gasteiger partial charge is 0.333 e. The number of amides is 2. The Morgan fingerprint density at radius 3 is 2.67 bits per heavy atom. The number of aromatic nitrogens is 4. The highest BCUT2D eigenvalue weighted by molar-refractivity contribution is 9.10. The molecule has 2 amide bonds. The first-order chi connectivity index (χ1) is 20.9. The maximum Gasteiger partial charge on any atom is 0.333 e. The minimum atomic E-state index is -0.433. The number of hydrogen-bond acceptors (Lipinski definition) is 5. The predicted octanol–water partition coefficient (Wildman–Crippen LogP) is 5.06. The Hall–Kier alpha value is -4.35. The molecule has 2 aromatic heterocycles. The van der Waals surface area contributed by atoms with Crippen molar-refractivity contribution in [3.63, 3.8) is 0 Å². The van der Waals surface area contributed by atoms with E-state index in [1.165, 1.54) is 4.57 Å². The number of aromatic amines is 1. The number of carbonyl (C=O) groups is 2. The highest BCUT2D eigenvalue weighted by Gasteiger charge is 2.32. The van der Waals surface area contributed by atoms with Gasteiger partial charge < -0.3 is 19.9 Å². The van der Waals surface area contributed by atoms with Gasteiger partial charge in [-0.05, 0) is 82.9 Å². The molecule has 43 heavy (non-hydrogen) atoms. The van der Waals surface area contributed by atoms with Crippen LogP contribution in [0.15, 0.2) is 76.3 Å². The van der Waals surface area contributed by atoms with Crippen LogP contribution in [0.2, 0.25) is 5.02 Å². The maximum absolute atomic E-state index is 14.0. The van der Waals surface area contributed by atoms with Gasteiger partial charge in [-0.1, -0.05) is 23.7 Å². The molecule has 1 fully saturated rings. The summed E-state index contributed by atoms with van der Waals surface area (Å²) < 4.78 is 9.57. The summed E-state index contributed by atoms with van der Waals surface area (Å²) in [6.45, 7) is 0.829. The number of ether oxygens (including phenoxy) is 1. The lowest BCUT2D eigenvalue weighted by Crippen LogP contribution is -2.41. The van der Waals surface area contributed by atoms with Gasteiger partial charge in [-0.25, -0.2) is 9.78 Å². The number of rotatable bonds is 7. The Morgan fingerprint density at radius 2 is 1.91 bits per heavy atom. The van der Waals surface area contributed by atoms with Crippen molar-refractivity contribution < 1.29 is 14.3 Å². The quantitative estimate of drug-likeness (QED) is 0.253. The summed E-state index contributed by atoms with van der Waals surface area (Å²) in [4.78, 5) is 50.4. The largest absolute Gasteiger partial charge is 0.490 e. The van der Waals surface area contributed by atoms with E-state index in [9.17, 15) is 14.4 Å². The zero-order chi connectivity index (χ0) is 29.7. The topological polar surface area (TPSA) is 114 Å². The first-order valence-electron chi connectivity index (χ1n) is 13.9. The lowest BCUT2D eigenvalue weighted by Gasteiger charge is -2.28. The van der Waals surface area contributed by atoms with Gasteiger partial charge in [0.05, 0.1) is 46.4 Å². The lowest BCUT2D eigenvalue weighted by atomic mass is 10.1. The molecule has 5 aromatic rings. The van der Waals surface area contributed by atoms with Crippen molar-refractivity contribution in [3.05, 3.63) is 109 Å². The highest BCUT2D eigenvalue weighted by atomic mass is 79.9. The van der Waals surface area contributed by atoms with E-state index in [1.54, 1.807) is 46.1 Å². The molecule has 218 valence electrons. The number of hydrogen-bond donors (Lipinski definition) is 2. The number of fused-ring (bicyclic) bond motifs is 2. The van der Waals surface area contributed by atoms with Crippen molar-refractivity contribution in [2.45, 2.75) is 38.6 Å². The molecule has 3 heterocycles. The fourth-order valence-corrected chi connectivity index (χ4v) is 5.83. The molecular formula is C31H26BrClN6O4. The van der Waals surface area contributed by atoms with Crippen molar-refractivity contribution in [1.29, 1.82) is 0 Å². The standard InChI is InChI=1S/C31H26BrClN6O4/c32-23-11-4-18(14-24(23)33)30(41)37-12-13-38-26(16-37)28(29(40)34-15-19-2-1-3-25-27(19)36-17-35-25)39(31(38)42)20-5-7-21(8-6-20)43-22-9-10-22/h1-8,11,14,17,22H,9-10,12-13,15-16H2,(H,34,40)(H,35,36). The molecule has 0 spiro atoms. The van der Waals surface area contributed by atoms with E-state index in [4.69, 9.17) is 16.3 Å². The van der Waals surface area contributed by atoms with Crippen LogP contribution in [0.25, 0.3) is 16.7 Å². The third kappa shape index (κ3) is 5.23. The first kappa shape index (κ1) is 27.5. The maximum atomic E-state index is 14.0. The average molecular weight is 662 g/mol. The van der Waals surface area contributed by atoms with E-state index in [0.29, 0.717) is 38.7 Å². The summed E-state index contributed by atoms with van der Waals surface area (Å²) in [5.74, 6) is 0.0444. The summed E-state index contributed by atoms with van der Waals surface area (Å²) in [6, 6.07) is 17.9. The third-order valence-electron chi connectivity index (χ3n) is 7.74. The normalized spacial score (nSPS) is 14.5. The lowest BCUT2D eigenvalue weighted by molar-refractivity contribution is 0.0706. The first-order valence-corrected chi connectivity index (χ1v) is 15.1. The number of para-hydroxylation sites is 1. The summed E-state index contributed by atoms with van der Waals surface area (Å²) in [5.41, 5.74) is 3.71. The predicted molar refractivity (Wildman–Crippen MR) is 165 cm³/mol. The van der Waals surface area contributed by atoms with E-state index in [2.05, 4.69) is 31.2 Å². The van der Waals surface area contributed by atoms with Crippen molar-refractivity contribution in [2.24, 2.45) is 0 Å². The fraction of sp³-hybridized carbons (Fsp3) is 0.226. The molecule has 2 aliphatic rings. The Balaban J connectivity index is 1.25. The number of nitrogens with zero attached hydrogens (tertiary/aromatic N) is 4. The van der Waals surface area contributed by atoms with Crippen LogP contribution in [0.4, 0.5) is 0 Å². The van der Waals surface area contributed by atoms with Crippen LogP contribution in [0, 0.1) is 0 Å². The monoisotopic (exact) mass is 660 g/mol. The summed E-state index contributed by atoms with van der Waals surface area (Å²) in [7, 11) is 0. The van der Waals surface area contributed by atoms with Gasteiger partial charge in [0.2, 0.25) is 0 Å². The number of H-pyrrole nitrogens is 1. The molecule has 1 aliphatic carbocycles. The highest BCUT2D eigenvalue weighted by Crippen LogP contribution is 2.29. The Kier molecular flexibility index (Phi) is 7.06. The van der Waals surface area contributed by atoms with Crippen molar-refractivity contribution in [3.8, 4) is 11.4 Å². The van der Waals surface area contributed by atoms with Gasteiger partial charge in [0, 0.05) is 29.7 Å². The number of nitrogens with one attached hydrogen (secondary N) is 2. The van der Waals surface area contributed by atoms with E-state index < -0.39 is 5.91 Å². The average Bonchev–Trinajstić information content (AvgIpc) is 3.61. The van der Waals surface area contributed by atoms with Crippen LogP contribution in [-0.2, 0) is 19.6 Å². The Bertz CT molecular complexity index is 1940. The van der Waals surface area contributed by atoms with E-state index in [1.807, 2.05) is 30.3 Å². The van der Waals surface area contributed by atoms with E-state index in [0.717, 1.165) is 29.4 Å². The zero-order valence-corrected chi connectivity index (χ0v) is 25.2. The second kappa shape index (κ2) is 11.1. The Morgan fingerprint density at radius 1 is 1.09 bits per heavy atom. The van der Waals surface area contributed by atoms with Gasteiger partial charge in [0.15, 0.2) is 0 Å². The van der Waals surface area contributed by atoms with Gasteiger partial charge in [-0.15, -0.1) is 0 Å². The van der Waals surface area contributed by atoms with Crippen LogP contribution in [0.5, 0.6) is 5.75 Å². The van der Waals surface area contributed by atoms with Crippen LogP contribution < -0.4 is 15.7 Å². The third-order valence-corrected chi connectivity index (χ3v) is 8.98. The number of benzene rings is 3. The van der Waals surface area contributed by atoms with Crippen molar-refractivity contribution in [2.75, 3.05) is 6.54 Å². The zero-order valence-electron chi connectivity index (χ0n) is 22.8. The number of carbonyl (C=O) groups excluding carboxylic acids is 2. The molecule has 12 heteroatoms. The summed E-state index contributed by atoms with van der Waals surface area (Å²) in [6.07, 6.45) is 3.91. The molecule has 1 aliphatic heterocycles. The molecular weight excluding hydrogens is 636 g/mol. The minimum Gasteiger partial charge on any atom is -0.490 e. The molecule has 0 radical (unpaired) electrons. The molecule has 10 nitrogen and oxygen atoms in total. The molecule has 3 aromatic carbocycles. The molecule has 2 N–H and O–H groups in total. The van der Waals surface area contributed by atoms with Gasteiger partial charge in [-0.3, -0.25) is 18.7 Å². The second-order valence-electron chi connectivity index (χ2n) is 10.6. The fourth-order valence-electron chi connectivity index (χ4n) is 5.40. The Labute approximate surface area is 259 Å². The van der Waals surface area contributed by atoms with Gasteiger partial charge >= 0.3 is 5.69 Å². The summed E-state index contributed by atoms with van der Waals surface area (Å²) >= 11 is 9.62. The van der Waals surface area contributed by atoms with E-state index in [-0.39, 0.29) is 43.0 Å². The van der Waals surface area contributed by atoms with Crippen LogP contribution in [0.1, 0.15) is 44.9 Å². The van der Waals surface area contributed by atoms with Crippen molar-refractivity contribution >= 4 is 50.4 Å². The van der Waals surface area contributed by atoms with E-state index >= 15 is 0 Å². The molecule has 0 atom stereocenters. The van der Waals surface area contributed by atoms with Crippen LogP contribution >= 0.6 is 27.5 Å². The molecule has 7 rings (SSSR count). The van der Waals surface area contributed by atoms with Crippen LogP contribution in [0.3, 0.4) is 0 Å². The minimum absolute atomic E-state index is 0.0787. The van der Waals surface area contributed by atoms with Crippen molar-refractivity contribution in [1.82, 2.24) is 29.3 Å². The van der Waals surface area contributed by atoms with Gasteiger partial charge in [0.25, 0.3) is 11.8 Å². The second-order valence-corrected chi connectivity index (χ2v) is 11.9. The van der Waals surface area contributed by atoms with Gasteiger partial charge in [-0.2, -0.15) is 0 Å².